The molecule has 2 aromatic carbocycles. The van der Waals surface area contributed by atoms with E-state index < -0.39 is 11.7 Å². The van der Waals surface area contributed by atoms with E-state index in [2.05, 4.69) is 20.5 Å². The first-order valence-corrected chi connectivity index (χ1v) is 8.86. The van der Waals surface area contributed by atoms with Gasteiger partial charge in [-0.3, -0.25) is 5.32 Å². The van der Waals surface area contributed by atoms with Crippen molar-refractivity contribution in [3.8, 4) is 5.88 Å². The summed E-state index contributed by atoms with van der Waals surface area (Å²) in [5.41, 5.74) is 2.16. The molecule has 0 fully saturated rings. The van der Waals surface area contributed by atoms with Gasteiger partial charge in [0.25, 0.3) is 0 Å². The zero-order chi connectivity index (χ0) is 19.9. The number of H-pyrrole nitrogens is 1. The Balaban J connectivity index is 1.67. The molecule has 1 aromatic heterocycles. The molecule has 0 bridgehead atoms. The molecule has 1 aliphatic rings. The first kappa shape index (κ1) is 17.8. The summed E-state index contributed by atoms with van der Waals surface area (Å²) >= 11 is 0. The number of aromatic hydroxyl groups is 1. The number of nitrogens with zero attached hydrogens (tertiary/aromatic N) is 2. The number of benzene rings is 2. The molecule has 0 spiro atoms. The molecule has 1 aliphatic heterocycles. The van der Waals surface area contributed by atoms with E-state index in [0.717, 1.165) is 21.5 Å². The number of nitrogens with one attached hydrogen (secondary N) is 2. The van der Waals surface area contributed by atoms with Crippen molar-refractivity contribution in [1.82, 2.24) is 4.98 Å². The number of ether oxygens (including phenoxy) is 1. The Morgan fingerprint density at radius 1 is 1.21 bits per heavy atom. The number of amides is 1. The van der Waals surface area contributed by atoms with Crippen LogP contribution in [-0.2, 0) is 4.74 Å². The fraction of sp³-hybridized carbons (Fsp3) is 0.190. The minimum atomic E-state index is -0.575. The number of hydrogen-bond donors (Lipinski definition) is 3. The number of carbonyl (C=O) groups excluding carboxylic acids is 1. The van der Waals surface area contributed by atoms with Crippen LogP contribution in [0.15, 0.2) is 46.6 Å². The van der Waals surface area contributed by atoms with Gasteiger partial charge in [0.2, 0.25) is 0 Å². The van der Waals surface area contributed by atoms with Gasteiger partial charge in [-0.15, -0.1) is 0 Å². The fourth-order valence-electron chi connectivity index (χ4n) is 3.02. The van der Waals surface area contributed by atoms with Crippen LogP contribution in [0, 0.1) is 0 Å². The molecule has 0 saturated heterocycles. The second-order valence-corrected chi connectivity index (χ2v) is 7.58. The Morgan fingerprint density at radius 3 is 2.82 bits per heavy atom. The van der Waals surface area contributed by atoms with Crippen molar-refractivity contribution >= 4 is 40.6 Å². The number of aromatic nitrogens is 1. The van der Waals surface area contributed by atoms with Crippen LogP contribution in [0.4, 0.5) is 16.2 Å². The minimum Gasteiger partial charge on any atom is -0.494 e. The number of aromatic amines is 1. The first-order valence-electron chi connectivity index (χ1n) is 8.86. The minimum absolute atomic E-state index is 0.0538. The lowest BCUT2D eigenvalue weighted by molar-refractivity contribution is 0.0636. The van der Waals surface area contributed by atoms with Crippen molar-refractivity contribution < 1.29 is 14.6 Å². The molecule has 0 saturated carbocycles. The number of azo groups is 1. The van der Waals surface area contributed by atoms with Gasteiger partial charge in [-0.2, -0.15) is 10.2 Å². The van der Waals surface area contributed by atoms with Crippen molar-refractivity contribution in [2.45, 2.75) is 26.4 Å². The molecule has 2 heterocycles. The zero-order valence-corrected chi connectivity index (χ0v) is 15.8. The van der Waals surface area contributed by atoms with Gasteiger partial charge in [0.1, 0.15) is 5.60 Å². The van der Waals surface area contributed by atoms with Crippen molar-refractivity contribution in [1.29, 1.82) is 0 Å². The molecule has 142 valence electrons. The van der Waals surface area contributed by atoms with E-state index >= 15 is 0 Å². The Hall–Kier alpha value is -3.61. The quantitative estimate of drug-likeness (QED) is 0.633. The highest BCUT2D eigenvalue weighted by molar-refractivity contribution is 5.95. The number of anilines is 1. The number of carbonyl (C=O) groups is 1. The average molecular weight is 376 g/mol. The summed E-state index contributed by atoms with van der Waals surface area (Å²) in [6.45, 7) is 5.41. The van der Waals surface area contributed by atoms with Crippen molar-refractivity contribution in [3.63, 3.8) is 0 Å². The standard InChI is InChI=1S/C21H20N4O3/c1-21(2,3)28-20(27)23-14-6-7-15-16(19(26)24-18(15)10-14)8-12-4-5-13-11-22-25-17(13)9-12/h4-11,24,26H,1-3H3,(H,23,27). The van der Waals surface area contributed by atoms with Gasteiger partial charge in [-0.1, -0.05) is 18.2 Å². The fourth-order valence-corrected chi connectivity index (χ4v) is 3.02. The highest BCUT2D eigenvalue weighted by atomic mass is 16.6. The normalized spacial score (nSPS) is 13.5. The Morgan fingerprint density at radius 2 is 2.04 bits per heavy atom. The molecule has 0 radical (unpaired) electrons. The molecular weight excluding hydrogens is 356 g/mol. The Labute approximate surface area is 161 Å². The van der Waals surface area contributed by atoms with Crippen molar-refractivity contribution in [3.05, 3.63) is 52.4 Å². The van der Waals surface area contributed by atoms with E-state index in [1.165, 1.54) is 0 Å². The summed E-state index contributed by atoms with van der Waals surface area (Å²) in [5, 5.41) is 23.7. The smallest absolute Gasteiger partial charge is 0.412 e. The van der Waals surface area contributed by atoms with E-state index in [1.807, 2.05) is 30.3 Å². The molecule has 7 nitrogen and oxygen atoms in total. The first-order chi connectivity index (χ1) is 13.3. The van der Waals surface area contributed by atoms with Crippen LogP contribution in [0.1, 0.15) is 26.3 Å². The van der Waals surface area contributed by atoms with Crippen LogP contribution in [0.5, 0.6) is 5.88 Å². The predicted octanol–water partition coefficient (Wildman–Crippen LogP) is 3.88. The van der Waals surface area contributed by atoms with Crippen LogP contribution in [0.25, 0.3) is 23.2 Å². The van der Waals surface area contributed by atoms with E-state index in [0.29, 0.717) is 16.8 Å². The SMILES string of the molecule is CC(C)(C)OC(=O)Nc1ccc2c(C=c3ccc4c(c3)N=NC=4)c(O)[nH]c2c1. The van der Waals surface area contributed by atoms with E-state index in [-0.39, 0.29) is 5.88 Å². The second kappa shape index (κ2) is 6.53. The lowest BCUT2D eigenvalue weighted by atomic mass is 10.1. The van der Waals surface area contributed by atoms with Crippen LogP contribution in [0.3, 0.4) is 0 Å². The summed E-state index contributed by atoms with van der Waals surface area (Å²) in [6.07, 6.45) is 3.06. The summed E-state index contributed by atoms with van der Waals surface area (Å²) in [4.78, 5) is 14.9. The zero-order valence-electron chi connectivity index (χ0n) is 15.8. The predicted molar refractivity (Wildman–Crippen MR) is 108 cm³/mol. The van der Waals surface area contributed by atoms with Gasteiger partial charge < -0.3 is 14.8 Å². The van der Waals surface area contributed by atoms with Crippen LogP contribution in [0.2, 0.25) is 0 Å². The van der Waals surface area contributed by atoms with Crippen LogP contribution in [-0.4, -0.2) is 21.8 Å². The van der Waals surface area contributed by atoms with Gasteiger partial charge in [-0.25, -0.2) is 4.79 Å². The molecule has 3 aromatic rings. The number of rotatable bonds is 2. The monoisotopic (exact) mass is 376 g/mol. The molecule has 0 atom stereocenters. The van der Waals surface area contributed by atoms with Crippen molar-refractivity contribution in [2.24, 2.45) is 10.2 Å². The molecule has 3 N–H and O–H groups in total. The maximum absolute atomic E-state index is 12.0. The summed E-state index contributed by atoms with van der Waals surface area (Å²) in [7, 11) is 0. The largest absolute Gasteiger partial charge is 0.494 e. The molecule has 1 amide bonds. The topological polar surface area (TPSA) is 99.1 Å². The summed E-state index contributed by atoms with van der Waals surface area (Å²) < 4.78 is 5.26. The molecule has 0 unspecified atom stereocenters. The Kier molecular flexibility index (Phi) is 4.15. The lowest BCUT2D eigenvalue weighted by Gasteiger charge is -2.19. The van der Waals surface area contributed by atoms with E-state index in [4.69, 9.17) is 4.74 Å². The number of hydrogen-bond acceptors (Lipinski definition) is 5. The Bertz CT molecular complexity index is 1230. The highest BCUT2D eigenvalue weighted by Crippen LogP contribution is 2.30. The molecule has 0 aliphatic carbocycles. The van der Waals surface area contributed by atoms with Gasteiger partial charge in [0.05, 0.1) is 17.4 Å². The van der Waals surface area contributed by atoms with E-state index in [9.17, 15) is 9.90 Å². The van der Waals surface area contributed by atoms with E-state index in [1.54, 1.807) is 39.1 Å². The highest BCUT2D eigenvalue weighted by Gasteiger charge is 2.17. The molecule has 4 rings (SSSR count). The third-order valence-corrected chi connectivity index (χ3v) is 4.19. The van der Waals surface area contributed by atoms with Gasteiger partial charge in [0.15, 0.2) is 5.88 Å². The lowest BCUT2D eigenvalue weighted by Crippen LogP contribution is -2.27. The van der Waals surface area contributed by atoms with Crippen LogP contribution >= 0.6 is 0 Å². The van der Waals surface area contributed by atoms with Gasteiger partial charge in [-0.05, 0) is 50.3 Å². The molecule has 7 heteroatoms. The summed E-state index contributed by atoms with van der Waals surface area (Å²) in [5.74, 6) is 0.0538. The molecule has 28 heavy (non-hydrogen) atoms. The van der Waals surface area contributed by atoms with Crippen molar-refractivity contribution in [2.75, 3.05) is 5.32 Å². The second-order valence-electron chi connectivity index (χ2n) is 7.58. The molecular formula is C21H20N4O3. The van der Waals surface area contributed by atoms with Gasteiger partial charge >= 0.3 is 6.09 Å². The van der Waals surface area contributed by atoms with Crippen LogP contribution < -0.4 is 15.8 Å². The maximum atomic E-state index is 12.0. The van der Waals surface area contributed by atoms with Gasteiger partial charge in [0, 0.05) is 21.9 Å². The maximum Gasteiger partial charge on any atom is 0.412 e. The number of fused-ring (bicyclic) bond motifs is 2. The third-order valence-electron chi connectivity index (χ3n) is 4.19. The summed E-state index contributed by atoms with van der Waals surface area (Å²) in [6, 6.07) is 11.2. The third kappa shape index (κ3) is 3.59. The average Bonchev–Trinajstić information content (AvgIpc) is 3.17.